The number of rotatable bonds is 6. The van der Waals surface area contributed by atoms with Crippen LogP contribution in [0.4, 0.5) is 11.6 Å². The molecule has 1 atom stereocenters. The van der Waals surface area contributed by atoms with Crippen LogP contribution in [0, 0.1) is 26.2 Å². The van der Waals surface area contributed by atoms with E-state index in [1.54, 1.807) is 0 Å². The van der Waals surface area contributed by atoms with Gasteiger partial charge in [-0.2, -0.15) is 0 Å². The molecule has 2 aromatic heterocycles. The van der Waals surface area contributed by atoms with Gasteiger partial charge in [-0.05, 0) is 89.0 Å². The van der Waals surface area contributed by atoms with Crippen molar-refractivity contribution in [3.63, 3.8) is 0 Å². The van der Waals surface area contributed by atoms with E-state index in [0.717, 1.165) is 79.6 Å². The van der Waals surface area contributed by atoms with Crippen molar-refractivity contribution >= 4 is 17.6 Å². The largest absolute Gasteiger partial charge is 0.479 e. The summed E-state index contributed by atoms with van der Waals surface area (Å²) in [5.41, 5.74) is 8.44. The molecule has 1 aromatic carbocycles. The van der Waals surface area contributed by atoms with E-state index in [4.69, 9.17) is 9.72 Å². The summed E-state index contributed by atoms with van der Waals surface area (Å²) in [5.74, 6) is -0.228. The first-order valence-corrected chi connectivity index (χ1v) is 15.1. The van der Waals surface area contributed by atoms with Crippen LogP contribution in [0.3, 0.4) is 0 Å². The number of anilines is 2. The van der Waals surface area contributed by atoms with Crippen molar-refractivity contribution in [2.24, 2.45) is 5.41 Å². The molecular weight excluding hydrogens is 526 g/mol. The minimum absolute atomic E-state index is 0.251. The lowest BCUT2D eigenvalue weighted by atomic mass is 9.81. The molecule has 1 saturated heterocycles. The van der Waals surface area contributed by atoms with Gasteiger partial charge in [0.25, 0.3) is 0 Å². The Kier molecular flexibility index (Phi) is 8.05. The summed E-state index contributed by atoms with van der Waals surface area (Å²) in [6.45, 7) is 19.6. The van der Waals surface area contributed by atoms with Crippen molar-refractivity contribution in [1.82, 2.24) is 15.0 Å². The second kappa shape index (κ2) is 11.3. The van der Waals surface area contributed by atoms with Gasteiger partial charge in [-0.25, -0.2) is 14.8 Å². The fourth-order valence-electron chi connectivity index (χ4n) is 6.22. The Morgan fingerprint density at radius 2 is 1.69 bits per heavy atom. The van der Waals surface area contributed by atoms with Crippen molar-refractivity contribution in [3.05, 3.63) is 64.2 Å². The number of hydrogen-bond donors (Lipinski definition) is 1. The molecule has 2 aliphatic heterocycles. The normalized spacial score (nSPS) is 17.6. The number of benzene rings is 1. The zero-order valence-electron chi connectivity index (χ0n) is 26.4. The van der Waals surface area contributed by atoms with Crippen LogP contribution in [0.5, 0.6) is 0 Å². The maximum atomic E-state index is 12.8. The van der Waals surface area contributed by atoms with Gasteiger partial charge >= 0.3 is 5.97 Å². The molecule has 1 fully saturated rings. The van der Waals surface area contributed by atoms with Crippen LogP contribution >= 0.6 is 0 Å². The van der Waals surface area contributed by atoms with E-state index in [9.17, 15) is 9.90 Å². The van der Waals surface area contributed by atoms with Crippen molar-refractivity contribution in [2.75, 3.05) is 29.4 Å². The van der Waals surface area contributed by atoms with Gasteiger partial charge in [-0.1, -0.05) is 32.0 Å². The maximum Gasteiger partial charge on any atom is 0.337 e. The van der Waals surface area contributed by atoms with Crippen LogP contribution in [0.25, 0.3) is 11.1 Å². The number of carboxylic acids is 1. The summed E-state index contributed by atoms with van der Waals surface area (Å²) in [6.07, 6.45) is 3.64. The third-order valence-electron chi connectivity index (χ3n) is 8.54. The molecule has 224 valence electrons. The number of aromatic nitrogens is 3. The summed E-state index contributed by atoms with van der Waals surface area (Å²) >= 11 is 0. The Bertz CT molecular complexity index is 1480. The van der Waals surface area contributed by atoms with E-state index >= 15 is 0 Å². The topological polar surface area (TPSA) is 91.7 Å². The van der Waals surface area contributed by atoms with Crippen molar-refractivity contribution < 1.29 is 14.6 Å². The number of hydrogen-bond acceptors (Lipinski definition) is 7. The number of piperidine rings is 1. The third kappa shape index (κ3) is 6.28. The number of aliphatic carboxylic acids is 1. The minimum Gasteiger partial charge on any atom is -0.479 e. The van der Waals surface area contributed by atoms with E-state index < -0.39 is 17.7 Å². The molecule has 8 heteroatoms. The average Bonchev–Trinajstić information content (AvgIpc) is 2.90. The molecule has 5 rings (SSSR count). The molecule has 0 radical (unpaired) electrons. The fraction of sp³-hybridized carbons (Fsp3) is 0.529. The van der Waals surface area contributed by atoms with Crippen LogP contribution in [-0.4, -0.2) is 51.3 Å². The Morgan fingerprint density at radius 1 is 0.976 bits per heavy atom. The quantitative estimate of drug-likeness (QED) is 0.354. The number of nitrogens with zero attached hydrogens (tertiary/aromatic N) is 5. The first kappa shape index (κ1) is 30.0. The van der Waals surface area contributed by atoms with Crippen LogP contribution in [0.2, 0.25) is 0 Å². The van der Waals surface area contributed by atoms with E-state index in [-0.39, 0.29) is 5.41 Å². The maximum absolute atomic E-state index is 12.8. The van der Waals surface area contributed by atoms with Crippen LogP contribution in [0.15, 0.2) is 30.5 Å². The molecule has 1 N–H and O–H groups in total. The minimum atomic E-state index is -1.12. The highest BCUT2D eigenvalue weighted by Gasteiger charge is 2.36. The van der Waals surface area contributed by atoms with E-state index in [1.165, 1.54) is 11.1 Å². The molecule has 1 unspecified atom stereocenters. The second-order valence-corrected chi connectivity index (χ2v) is 13.7. The monoisotopic (exact) mass is 571 g/mol. The fourth-order valence-corrected chi connectivity index (χ4v) is 6.22. The molecule has 4 heterocycles. The number of ether oxygens (including phenoxy) is 1. The molecule has 3 aromatic rings. The van der Waals surface area contributed by atoms with Gasteiger partial charge in [0.1, 0.15) is 0 Å². The summed E-state index contributed by atoms with van der Waals surface area (Å²) in [7, 11) is 0. The molecule has 0 aliphatic carbocycles. The Labute approximate surface area is 250 Å². The Morgan fingerprint density at radius 3 is 2.33 bits per heavy atom. The van der Waals surface area contributed by atoms with Gasteiger partial charge in [0, 0.05) is 60.6 Å². The lowest BCUT2D eigenvalue weighted by Gasteiger charge is -2.41. The van der Waals surface area contributed by atoms with E-state index in [2.05, 4.69) is 51.8 Å². The lowest BCUT2D eigenvalue weighted by Crippen LogP contribution is -2.39. The highest BCUT2D eigenvalue weighted by atomic mass is 16.5. The molecule has 0 spiro atoms. The number of aryl methyl sites for hydroxylation is 3. The van der Waals surface area contributed by atoms with Crippen LogP contribution < -0.4 is 9.80 Å². The van der Waals surface area contributed by atoms with Crippen molar-refractivity contribution in [1.29, 1.82) is 0 Å². The third-order valence-corrected chi connectivity index (χ3v) is 8.54. The van der Waals surface area contributed by atoms with E-state index in [0.29, 0.717) is 11.3 Å². The number of fused-ring (bicyclic) bond motifs is 1. The Hall–Kier alpha value is -3.52. The van der Waals surface area contributed by atoms with Gasteiger partial charge in [0.15, 0.2) is 6.10 Å². The van der Waals surface area contributed by atoms with E-state index in [1.807, 2.05) is 53.8 Å². The molecule has 8 nitrogen and oxygen atoms in total. The lowest BCUT2D eigenvalue weighted by molar-refractivity contribution is -0.160. The molecule has 42 heavy (non-hydrogen) atoms. The molecule has 0 saturated carbocycles. The highest BCUT2D eigenvalue weighted by Crippen LogP contribution is 2.45. The molecule has 0 bridgehead atoms. The number of carbonyl (C=O) groups is 1. The van der Waals surface area contributed by atoms with Crippen LogP contribution in [0.1, 0.15) is 87.3 Å². The average molecular weight is 572 g/mol. The van der Waals surface area contributed by atoms with Gasteiger partial charge in [0.2, 0.25) is 5.95 Å². The number of pyridine rings is 1. The summed E-state index contributed by atoms with van der Waals surface area (Å²) < 4.78 is 6.24. The number of carboxylic acid groups (broad SMARTS) is 1. The molecular formula is C34H45N5O3. The zero-order chi connectivity index (χ0) is 30.4. The second-order valence-electron chi connectivity index (χ2n) is 13.7. The summed E-state index contributed by atoms with van der Waals surface area (Å²) in [5, 5.41) is 10.5. The zero-order valence-corrected chi connectivity index (χ0v) is 26.4. The van der Waals surface area contributed by atoms with Gasteiger partial charge < -0.3 is 19.6 Å². The predicted molar refractivity (Wildman–Crippen MR) is 167 cm³/mol. The summed E-state index contributed by atoms with van der Waals surface area (Å²) in [4.78, 5) is 31.5. The molecule has 0 amide bonds. The smallest absolute Gasteiger partial charge is 0.337 e. The first-order chi connectivity index (χ1) is 19.7. The highest BCUT2D eigenvalue weighted by molar-refractivity contribution is 5.88. The van der Waals surface area contributed by atoms with Crippen molar-refractivity contribution in [3.8, 4) is 11.1 Å². The molecule has 2 aliphatic rings. The van der Waals surface area contributed by atoms with Gasteiger partial charge in [0.05, 0.1) is 11.3 Å². The standard InChI is InChI=1S/C34H45N5O3/c1-21-11-15-35-32(36-21)39-16-12-24-19-25(9-10-26(24)20-39)27-22(2)37-23(3)28(30(31(40)41)42-33(4,5)6)29(27)38-17-13-34(7,8)14-18-38/h9-11,15,19,30H,12-14,16-18,20H2,1-8H3,(H,40,41). The van der Waals surface area contributed by atoms with Gasteiger partial charge in [-0.3, -0.25) is 4.98 Å². The van der Waals surface area contributed by atoms with Crippen LogP contribution in [-0.2, 0) is 22.5 Å². The summed E-state index contributed by atoms with van der Waals surface area (Å²) in [6, 6.07) is 8.57. The predicted octanol–water partition coefficient (Wildman–Crippen LogP) is 6.59. The SMILES string of the molecule is Cc1ccnc(N2CCc3cc(-c4c(C)nc(C)c(C(OC(C)(C)C)C(=O)O)c4N4CCC(C)(C)CC4)ccc3C2)n1. The first-order valence-electron chi connectivity index (χ1n) is 15.1. The van der Waals surface area contributed by atoms with Crippen molar-refractivity contribution in [2.45, 2.75) is 92.9 Å². The Balaban J connectivity index is 1.62. The van der Waals surface area contributed by atoms with Gasteiger partial charge in [-0.15, -0.1) is 0 Å².